The molecule has 0 fully saturated rings. The van der Waals surface area contributed by atoms with E-state index in [1.165, 1.54) is 17.3 Å². The second kappa shape index (κ2) is 6.39. The van der Waals surface area contributed by atoms with Gasteiger partial charge in [0, 0.05) is 5.56 Å². The summed E-state index contributed by atoms with van der Waals surface area (Å²) in [6.45, 7) is 7.16. The minimum absolute atomic E-state index is 0.232. The Morgan fingerprint density at radius 3 is 2.81 bits per heavy atom. The van der Waals surface area contributed by atoms with Crippen molar-refractivity contribution in [2.24, 2.45) is 10.6 Å². The lowest BCUT2D eigenvalue weighted by Gasteiger charge is -2.18. The quantitative estimate of drug-likeness (QED) is 0.406. The lowest BCUT2D eigenvalue weighted by atomic mass is 9.93. The predicted octanol–water partition coefficient (Wildman–Crippen LogP) is 2.78. The molecule has 1 heterocycles. The average molecular weight is 288 g/mol. The average Bonchev–Trinajstić information content (AvgIpc) is 2.93. The molecule has 0 bridgehead atoms. The van der Waals surface area contributed by atoms with Crippen LogP contribution in [-0.4, -0.2) is 32.4 Å². The summed E-state index contributed by atoms with van der Waals surface area (Å²) >= 11 is 0. The molecule has 21 heavy (non-hydrogen) atoms. The van der Waals surface area contributed by atoms with Crippen molar-refractivity contribution in [3.8, 4) is 5.75 Å². The molecule has 0 spiro atoms. The fraction of sp³-hybridized carbons (Fsp3) is 0.400. The minimum Gasteiger partial charge on any atom is -0.494 e. The maximum Gasteiger partial charge on any atom is 0.201 e. The van der Waals surface area contributed by atoms with Crippen LogP contribution < -0.4 is 4.74 Å². The highest BCUT2D eigenvalue weighted by atomic mass is 16.5. The maximum atomic E-state index is 9.18. The third kappa shape index (κ3) is 4.30. The van der Waals surface area contributed by atoms with Gasteiger partial charge in [-0.3, -0.25) is 0 Å². The molecule has 6 heteroatoms. The fourth-order valence-electron chi connectivity index (χ4n) is 1.75. The summed E-state index contributed by atoms with van der Waals surface area (Å²) in [7, 11) is 0. The molecule has 0 saturated carbocycles. The van der Waals surface area contributed by atoms with Gasteiger partial charge in [-0.1, -0.05) is 38.1 Å². The molecule has 0 aliphatic heterocycles. The van der Waals surface area contributed by atoms with Gasteiger partial charge in [0.2, 0.25) is 5.84 Å². The van der Waals surface area contributed by atoms with Crippen molar-refractivity contribution in [3.05, 3.63) is 42.5 Å². The Bertz CT molecular complexity index is 600. The first-order valence-electron chi connectivity index (χ1n) is 6.80. The lowest BCUT2D eigenvalue weighted by molar-refractivity contribution is 0.243. The molecular weight excluding hydrogens is 268 g/mol. The van der Waals surface area contributed by atoms with Crippen molar-refractivity contribution < 1.29 is 9.94 Å². The largest absolute Gasteiger partial charge is 0.494 e. The van der Waals surface area contributed by atoms with Gasteiger partial charge in [0.15, 0.2) is 0 Å². The monoisotopic (exact) mass is 288 g/mol. The molecule has 112 valence electrons. The van der Waals surface area contributed by atoms with Gasteiger partial charge >= 0.3 is 0 Å². The molecule has 0 aliphatic carbocycles. The normalized spacial score (nSPS) is 12.4. The van der Waals surface area contributed by atoms with Gasteiger partial charge < -0.3 is 9.94 Å². The number of rotatable bonds is 4. The van der Waals surface area contributed by atoms with Crippen LogP contribution in [0.4, 0.5) is 0 Å². The van der Waals surface area contributed by atoms with Crippen LogP contribution in [0, 0.1) is 5.41 Å². The third-order valence-corrected chi connectivity index (χ3v) is 2.94. The zero-order chi connectivity index (χ0) is 15.3. The van der Waals surface area contributed by atoms with Gasteiger partial charge in [-0.05, 0) is 24.0 Å². The van der Waals surface area contributed by atoms with Crippen molar-refractivity contribution in [3.63, 3.8) is 0 Å². The molecule has 1 N–H and O–H groups in total. The van der Waals surface area contributed by atoms with E-state index < -0.39 is 0 Å². The molecule has 0 aliphatic rings. The van der Waals surface area contributed by atoms with Crippen LogP contribution in [0.25, 0.3) is 0 Å². The molecule has 0 amide bonds. The Hall–Kier alpha value is -2.37. The van der Waals surface area contributed by atoms with Crippen LogP contribution in [0.5, 0.6) is 5.75 Å². The summed E-state index contributed by atoms with van der Waals surface area (Å²) in [4.78, 5) is 3.84. The van der Waals surface area contributed by atoms with Crippen LogP contribution >= 0.6 is 0 Å². The van der Waals surface area contributed by atoms with Crippen molar-refractivity contribution in [2.45, 2.75) is 27.2 Å². The smallest absolute Gasteiger partial charge is 0.201 e. The molecule has 0 saturated heterocycles. The van der Waals surface area contributed by atoms with Crippen LogP contribution in [0.2, 0.25) is 0 Å². The number of nitrogens with zero attached hydrogens (tertiary/aromatic N) is 4. The van der Waals surface area contributed by atoms with E-state index in [1.54, 1.807) is 0 Å². The number of ether oxygens (including phenoxy) is 1. The number of hydrogen-bond acceptors (Lipinski definition) is 5. The van der Waals surface area contributed by atoms with Crippen molar-refractivity contribution >= 4 is 5.84 Å². The highest BCUT2D eigenvalue weighted by molar-refractivity contribution is 5.99. The van der Waals surface area contributed by atoms with Gasteiger partial charge in [-0.25, -0.2) is 4.98 Å². The Labute approximate surface area is 124 Å². The molecular formula is C15H20N4O2. The van der Waals surface area contributed by atoms with Crippen LogP contribution in [0.3, 0.4) is 0 Å². The SMILES string of the molecule is CC(C)(C)CCOc1cccc(C(=NO)n2cncn2)c1. The van der Waals surface area contributed by atoms with Crippen molar-refractivity contribution in [2.75, 3.05) is 6.61 Å². The summed E-state index contributed by atoms with van der Waals surface area (Å²) < 4.78 is 7.15. The van der Waals surface area contributed by atoms with Gasteiger partial charge in [0.1, 0.15) is 18.4 Å². The third-order valence-electron chi connectivity index (χ3n) is 2.94. The molecule has 2 rings (SSSR count). The Morgan fingerprint density at radius 1 is 1.38 bits per heavy atom. The molecule has 6 nitrogen and oxygen atoms in total. The van der Waals surface area contributed by atoms with E-state index in [0.717, 1.165) is 12.2 Å². The Kier molecular flexibility index (Phi) is 4.57. The maximum absolute atomic E-state index is 9.18. The zero-order valence-corrected chi connectivity index (χ0v) is 12.5. The molecule has 0 unspecified atom stereocenters. The van der Waals surface area contributed by atoms with Crippen molar-refractivity contribution in [1.82, 2.24) is 14.8 Å². The standard InChI is InChI=1S/C15H20N4O2/c1-15(2,3)7-8-21-13-6-4-5-12(9-13)14(18-20)19-11-16-10-17-19/h4-6,9-11,20H,7-8H2,1-3H3. The van der Waals surface area contributed by atoms with Crippen LogP contribution in [0.1, 0.15) is 32.8 Å². The van der Waals surface area contributed by atoms with Crippen LogP contribution in [-0.2, 0) is 0 Å². The number of aromatic nitrogens is 3. The molecule has 0 radical (unpaired) electrons. The number of benzene rings is 1. The summed E-state index contributed by atoms with van der Waals surface area (Å²) in [5, 5.41) is 16.4. The molecule has 2 aromatic rings. The molecule has 0 atom stereocenters. The fourth-order valence-corrected chi connectivity index (χ4v) is 1.75. The second-order valence-electron chi connectivity index (χ2n) is 5.95. The topological polar surface area (TPSA) is 72.5 Å². The highest BCUT2D eigenvalue weighted by Crippen LogP contribution is 2.20. The summed E-state index contributed by atoms with van der Waals surface area (Å²) in [6, 6.07) is 7.37. The van der Waals surface area contributed by atoms with E-state index in [-0.39, 0.29) is 5.41 Å². The van der Waals surface area contributed by atoms with E-state index in [1.807, 2.05) is 24.3 Å². The van der Waals surface area contributed by atoms with Gasteiger partial charge in [0.25, 0.3) is 0 Å². The van der Waals surface area contributed by atoms with Gasteiger partial charge in [0.05, 0.1) is 6.61 Å². The first-order valence-corrected chi connectivity index (χ1v) is 6.80. The number of oxime groups is 1. The highest BCUT2D eigenvalue weighted by Gasteiger charge is 2.11. The first-order chi connectivity index (χ1) is 9.99. The van der Waals surface area contributed by atoms with E-state index in [2.05, 4.69) is 36.0 Å². The van der Waals surface area contributed by atoms with Gasteiger partial charge in [-0.2, -0.15) is 9.78 Å². The van der Waals surface area contributed by atoms with E-state index in [4.69, 9.17) is 4.74 Å². The van der Waals surface area contributed by atoms with E-state index >= 15 is 0 Å². The molecule has 1 aromatic carbocycles. The first kappa shape index (κ1) is 15.0. The Balaban J connectivity index is 2.10. The Morgan fingerprint density at radius 2 is 2.19 bits per heavy atom. The second-order valence-corrected chi connectivity index (χ2v) is 5.95. The van der Waals surface area contributed by atoms with Gasteiger partial charge in [-0.15, -0.1) is 0 Å². The number of hydrogen-bond donors (Lipinski definition) is 1. The molecule has 1 aromatic heterocycles. The van der Waals surface area contributed by atoms with Crippen LogP contribution in [0.15, 0.2) is 42.1 Å². The predicted molar refractivity (Wildman–Crippen MR) is 79.8 cm³/mol. The lowest BCUT2D eigenvalue weighted by Crippen LogP contribution is -2.15. The van der Waals surface area contributed by atoms with E-state index in [9.17, 15) is 5.21 Å². The summed E-state index contributed by atoms with van der Waals surface area (Å²) in [6.07, 6.45) is 3.82. The summed E-state index contributed by atoms with van der Waals surface area (Å²) in [5.41, 5.74) is 0.937. The van der Waals surface area contributed by atoms with E-state index in [0.29, 0.717) is 18.0 Å². The zero-order valence-electron chi connectivity index (χ0n) is 12.5. The van der Waals surface area contributed by atoms with Crippen molar-refractivity contribution in [1.29, 1.82) is 0 Å². The minimum atomic E-state index is 0.232. The summed E-state index contributed by atoms with van der Waals surface area (Å²) in [5.74, 6) is 1.03.